The fraction of sp³-hybridized carbons (Fsp3) is 0.889. The van der Waals surface area contributed by atoms with E-state index in [2.05, 4.69) is 19.0 Å². The van der Waals surface area contributed by atoms with Crippen LogP contribution in [0.25, 0.3) is 0 Å². The monoisotopic (exact) mass is 251 g/mol. The first-order valence-electron chi connectivity index (χ1n) is 5.01. The third-order valence-electron chi connectivity index (χ3n) is 1.90. The van der Waals surface area contributed by atoms with Crippen LogP contribution in [-0.2, 0) is 0 Å². The van der Waals surface area contributed by atoms with E-state index in [1.165, 1.54) is 25.7 Å². The topological polar surface area (TPSA) is 32.6 Å². The lowest BCUT2D eigenvalue weighted by Gasteiger charge is -2.27. The van der Waals surface area contributed by atoms with Crippen molar-refractivity contribution in [3.05, 3.63) is 0 Å². The van der Waals surface area contributed by atoms with Crippen LogP contribution in [0, 0.1) is 0 Å². The van der Waals surface area contributed by atoms with Crippen molar-refractivity contribution in [2.24, 2.45) is 5.16 Å². The van der Waals surface area contributed by atoms with Crippen LogP contribution in [0.4, 0.5) is 0 Å². The van der Waals surface area contributed by atoms with Gasteiger partial charge in [-0.3, -0.25) is 0 Å². The summed E-state index contributed by atoms with van der Waals surface area (Å²) in [5, 5.41) is 12.1. The van der Waals surface area contributed by atoms with Gasteiger partial charge in [0.2, 0.25) is 0 Å². The van der Waals surface area contributed by atoms with E-state index in [1.807, 2.05) is 11.8 Å². The molecule has 0 aliphatic carbocycles. The minimum atomic E-state index is 0.587. The van der Waals surface area contributed by atoms with E-state index in [-0.39, 0.29) is 0 Å². The molecule has 1 aliphatic rings. The molecule has 1 heterocycles. The molecule has 1 N–H and O–H groups in total. The van der Waals surface area contributed by atoms with Gasteiger partial charge in [0.05, 0.1) is 9.16 Å². The van der Waals surface area contributed by atoms with Crippen LogP contribution >= 0.6 is 35.3 Å². The van der Waals surface area contributed by atoms with Gasteiger partial charge in [-0.05, 0) is 12.8 Å². The second kappa shape index (κ2) is 6.90. The Hall–Kier alpha value is 0.520. The predicted molar refractivity (Wildman–Crippen MR) is 69.4 cm³/mol. The van der Waals surface area contributed by atoms with Gasteiger partial charge in [0.1, 0.15) is 0 Å². The number of thioether (sulfide) groups is 3. The molecular formula is C9H17NOS3. The fourth-order valence-electron chi connectivity index (χ4n) is 1.25. The zero-order chi connectivity index (χ0) is 10.4. The van der Waals surface area contributed by atoms with Crippen LogP contribution in [-0.4, -0.2) is 18.7 Å². The van der Waals surface area contributed by atoms with Crippen LogP contribution in [0.5, 0.6) is 0 Å². The van der Waals surface area contributed by atoms with Gasteiger partial charge in [-0.15, -0.1) is 11.8 Å². The molecule has 0 radical (unpaired) electrons. The Morgan fingerprint density at radius 1 is 1.14 bits per heavy atom. The van der Waals surface area contributed by atoms with Gasteiger partial charge in [-0.1, -0.05) is 55.4 Å². The van der Waals surface area contributed by atoms with Crippen molar-refractivity contribution in [3.8, 4) is 0 Å². The maximum absolute atomic E-state index is 8.80. The lowest BCUT2D eigenvalue weighted by molar-refractivity contribution is 0.322. The van der Waals surface area contributed by atoms with Gasteiger partial charge >= 0.3 is 0 Å². The highest BCUT2D eigenvalue weighted by atomic mass is 32.3. The van der Waals surface area contributed by atoms with Crippen molar-refractivity contribution in [1.29, 1.82) is 0 Å². The first-order chi connectivity index (χ1) is 6.80. The van der Waals surface area contributed by atoms with Crippen molar-refractivity contribution in [2.75, 3.05) is 0 Å². The Bertz CT molecular complexity index is 182. The number of rotatable bonds is 4. The summed E-state index contributed by atoms with van der Waals surface area (Å²) in [6.07, 6.45) is 4.81. The minimum Gasteiger partial charge on any atom is -0.410 e. The largest absolute Gasteiger partial charge is 0.410 e. The average Bonchev–Trinajstić information content (AvgIpc) is 2.18. The smallest absolute Gasteiger partial charge is 0.171 e. The van der Waals surface area contributed by atoms with E-state index in [9.17, 15) is 0 Å². The molecule has 1 aliphatic heterocycles. The van der Waals surface area contributed by atoms with Crippen molar-refractivity contribution < 1.29 is 5.21 Å². The minimum absolute atomic E-state index is 0.587. The summed E-state index contributed by atoms with van der Waals surface area (Å²) >= 11 is 5.46. The maximum atomic E-state index is 8.80. The van der Waals surface area contributed by atoms with Crippen molar-refractivity contribution in [3.63, 3.8) is 0 Å². The summed E-state index contributed by atoms with van der Waals surface area (Å²) in [5.41, 5.74) is 0. The summed E-state index contributed by atoms with van der Waals surface area (Å²) in [6, 6.07) is 0. The highest BCUT2D eigenvalue weighted by Crippen LogP contribution is 2.47. The first kappa shape index (κ1) is 12.6. The number of hydrogen-bond donors (Lipinski definition) is 1. The van der Waals surface area contributed by atoms with E-state index in [4.69, 9.17) is 5.21 Å². The lowest BCUT2D eigenvalue weighted by atomic mass is 10.4. The van der Waals surface area contributed by atoms with Crippen molar-refractivity contribution in [2.45, 2.75) is 48.7 Å². The van der Waals surface area contributed by atoms with E-state index in [0.29, 0.717) is 9.16 Å². The second-order valence-corrected chi connectivity index (χ2v) is 7.82. The van der Waals surface area contributed by atoms with Crippen molar-refractivity contribution in [1.82, 2.24) is 0 Å². The lowest BCUT2D eigenvalue weighted by Crippen LogP contribution is -2.14. The molecule has 1 fully saturated rings. The molecule has 1 rings (SSSR count). The van der Waals surface area contributed by atoms with Gasteiger partial charge in [0.15, 0.2) is 4.38 Å². The molecule has 0 spiro atoms. The normalized spacial score (nSPS) is 27.7. The van der Waals surface area contributed by atoms with Crippen molar-refractivity contribution >= 4 is 39.7 Å². The molecule has 0 bridgehead atoms. The molecular weight excluding hydrogens is 234 g/mol. The van der Waals surface area contributed by atoms with Crippen LogP contribution in [0.15, 0.2) is 5.16 Å². The highest BCUT2D eigenvalue weighted by molar-refractivity contribution is 8.48. The molecule has 1 saturated heterocycles. The van der Waals surface area contributed by atoms with E-state index < -0.39 is 0 Å². The van der Waals surface area contributed by atoms with Gasteiger partial charge in [0.25, 0.3) is 0 Å². The third-order valence-corrected chi connectivity index (χ3v) is 6.36. The molecule has 14 heavy (non-hydrogen) atoms. The number of nitrogens with zero attached hydrogens (tertiary/aromatic N) is 1. The van der Waals surface area contributed by atoms with Gasteiger partial charge in [-0.2, -0.15) is 0 Å². The van der Waals surface area contributed by atoms with E-state index in [1.54, 1.807) is 23.5 Å². The van der Waals surface area contributed by atoms with Gasteiger partial charge in [-0.25, -0.2) is 0 Å². The Kier molecular flexibility index (Phi) is 6.21. The molecule has 5 heteroatoms. The standard InChI is InChI=1S/C9H17NOS3/c1-3-5-7-12-8(6-4-2)14-9(10-11)13-7/h7-8,11H,3-6H2,1-2H3. The van der Waals surface area contributed by atoms with Crippen LogP contribution in [0.1, 0.15) is 39.5 Å². The SMILES string of the molecule is CCCC1SC(=NO)SC(CCC)S1. The zero-order valence-corrected chi connectivity index (χ0v) is 11.1. The van der Waals surface area contributed by atoms with E-state index in [0.717, 1.165) is 4.38 Å². The Morgan fingerprint density at radius 3 is 2.00 bits per heavy atom. The van der Waals surface area contributed by atoms with E-state index >= 15 is 0 Å². The number of oxime groups is 1. The van der Waals surface area contributed by atoms with Crippen LogP contribution in [0.3, 0.4) is 0 Å². The van der Waals surface area contributed by atoms with Gasteiger partial charge in [0, 0.05) is 0 Å². The zero-order valence-electron chi connectivity index (χ0n) is 8.60. The summed E-state index contributed by atoms with van der Waals surface area (Å²) in [7, 11) is 0. The maximum Gasteiger partial charge on any atom is 0.171 e. The predicted octanol–water partition coefficient (Wildman–Crippen LogP) is 4.20. The quantitative estimate of drug-likeness (QED) is 0.599. The average molecular weight is 251 g/mol. The number of hydrogen-bond acceptors (Lipinski definition) is 5. The molecule has 0 aromatic carbocycles. The summed E-state index contributed by atoms with van der Waals surface area (Å²) in [6.45, 7) is 4.40. The third kappa shape index (κ3) is 3.95. The molecule has 2 unspecified atom stereocenters. The summed E-state index contributed by atoms with van der Waals surface area (Å²) in [5.74, 6) is 0. The van der Waals surface area contributed by atoms with Crippen LogP contribution < -0.4 is 0 Å². The van der Waals surface area contributed by atoms with Gasteiger partial charge < -0.3 is 5.21 Å². The first-order valence-corrected chi connectivity index (χ1v) is 7.71. The highest BCUT2D eigenvalue weighted by Gasteiger charge is 2.27. The summed E-state index contributed by atoms with van der Waals surface area (Å²) < 4.78 is 2.02. The Balaban J connectivity index is 2.48. The Morgan fingerprint density at radius 2 is 1.64 bits per heavy atom. The summed E-state index contributed by atoms with van der Waals surface area (Å²) in [4.78, 5) is 0. The Labute approximate surface area is 98.7 Å². The molecule has 82 valence electrons. The molecule has 2 nitrogen and oxygen atoms in total. The molecule has 0 aromatic heterocycles. The molecule has 0 amide bonds. The van der Waals surface area contributed by atoms with Crippen LogP contribution in [0.2, 0.25) is 0 Å². The molecule has 2 atom stereocenters. The molecule has 0 aromatic rings. The second-order valence-electron chi connectivity index (χ2n) is 3.17. The molecule has 0 saturated carbocycles. The fourth-order valence-corrected chi connectivity index (χ4v) is 6.87.